The van der Waals surface area contributed by atoms with E-state index < -0.39 is 0 Å². The summed E-state index contributed by atoms with van der Waals surface area (Å²) >= 11 is 5.83. The second-order valence-electron chi connectivity index (χ2n) is 3.44. The molecule has 0 N–H and O–H groups in total. The SMILES string of the molecule is CCC(=Cc1cc(OC)cc(OC)c1)CCl. The molecular weight excluding hydrogens is 224 g/mol. The highest BCUT2D eigenvalue weighted by Crippen LogP contribution is 2.24. The molecule has 88 valence electrons. The van der Waals surface area contributed by atoms with Gasteiger partial charge in [-0.2, -0.15) is 0 Å². The van der Waals surface area contributed by atoms with Crippen molar-refractivity contribution >= 4 is 17.7 Å². The standard InChI is InChI=1S/C13H17ClO2/c1-4-10(9-14)5-11-6-12(15-2)8-13(7-11)16-3/h5-8H,4,9H2,1-3H3. The van der Waals surface area contributed by atoms with Crippen LogP contribution in [0.3, 0.4) is 0 Å². The third-order valence-electron chi connectivity index (χ3n) is 2.37. The van der Waals surface area contributed by atoms with Gasteiger partial charge in [-0.3, -0.25) is 0 Å². The summed E-state index contributed by atoms with van der Waals surface area (Å²) in [6.07, 6.45) is 3.01. The molecule has 1 aromatic carbocycles. The van der Waals surface area contributed by atoms with Gasteiger partial charge in [-0.1, -0.05) is 18.6 Å². The molecule has 0 aromatic heterocycles. The number of alkyl halides is 1. The third-order valence-corrected chi connectivity index (χ3v) is 2.71. The number of rotatable bonds is 5. The van der Waals surface area contributed by atoms with Crippen LogP contribution >= 0.6 is 11.6 Å². The minimum absolute atomic E-state index is 0.552. The van der Waals surface area contributed by atoms with E-state index in [1.54, 1.807) is 14.2 Å². The first-order chi connectivity index (χ1) is 7.73. The van der Waals surface area contributed by atoms with Gasteiger partial charge in [0.15, 0.2) is 0 Å². The zero-order valence-electron chi connectivity index (χ0n) is 9.92. The van der Waals surface area contributed by atoms with Gasteiger partial charge >= 0.3 is 0 Å². The van der Waals surface area contributed by atoms with Crippen molar-refractivity contribution in [2.45, 2.75) is 13.3 Å². The van der Waals surface area contributed by atoms with Gasteiger partial charge in [-0.05, 0) is 24.1 Å². The maximum Gasteiger partial charge on any atom is 0.123 e. The fourth-order valence-electron chi connectivity index (χ4n) is 1.38. The zero-order chi connectivity index (χ0) is 12.0. The Morgan fingerprint density at radius 1 is 1.19 bits per heavy atom. The summed E-state index contributed by atoms with van der Waals surface area (Å²) in [6.45, 7) is 2.09. The molecule has 3 heteroatoms. The molecule has 0 fully saturated rings. The summed E-state index contributed by atoms with van der Waals surface area (Å²) in [5.74, 6) is 2.13. The van der Waals surface area contributed by atoms with Crippen LogP contribution in [0.25, 0.3) is 6.08 Å². The predicted molar refractivity (Wildman–Crippen MR) is 68.5 cm³/mol. The number of allylic oxidation sites excluding steroid dienone is 1. The Morgan fingerprint density at radius 2 is 1.75 bits per heavy atom. The molecule has 0 bridgehead atoms. The Bertz CT molecular complexity index is 344. The lowest BCUT2D eigenvalue weighted by molar-refractivity contribution is 0.394. The van der Waals surface area contributed by atoms with Crippen LogP contribution in [-0.4, -0.2) is 20.1 Å². The molecular formula is C13H17ClO2. The number of benzene rings is 1. The smallest absolute Gasteiger partial charge is 0.123 e. The summed E-state index contributed by atoms with van der Waals surface area (Å²) < 4.78 is 10.4. The highest BCUT2D eigenvalue weighted by atomic mass is 35.5. The Balaban J connectivity index is 3.07. The average Bonchev–Trinajstić information content (AvgIpc) is 2.35. The number of methoxy groups -OCH3 is 2. The topological polar surface area (TPSA) is 18.5 Å². The van der Waals surface area contributed by atoms with Gasteiger partial charge in [0.1, 0.15) is 11.5 Å². The minimum atomic E-state index is 0.552. The van der Waals surface area contributed by atoms with Gasteiger partial charge in [0, 0.05) is 11.9 Å². The lowest BCUT2D eigenvalue weighted by Crippen LogP contribution is -1.89. The van der Waals surface area contributed by atoms with Crippen LogP contribution in [0.4, 0.5) is 0 Å². The van der Waals surface area contributed by atoms with Crippen molar-refractivity contribution in [2.24, 2.45) is 0 Å². The molecule has 1 rings (SSSR count). The second-order valence-corrected chi connectivity index (χ2v) is 3.70. The summed E-state index contributed by atoms with van der Waals surface area (Å²) in [5, 5.41) is 0. The second kappa shape index (κ2) is 6.44. The van der Waals surface area contributed by atoms with Crippen molar-refractivity contribution in [2.75, 3.05) is 20.1 Å². The van der Waals surface area contributed by atoms with Crippen molar-refractivity contribution < 1.29 is 9.47 Å². The first kappa shape index (κ1) is 12.9. The molecule has 0 unspecified atom stereocenters. The first-order valence-electron chi connectivity index (χ1n) is 5.22. The summed E-state index contributed by atoms with van der Waals surface area (Å²) in [5.41, 5.74) is 2.24. The van der Waals surface area contributed by atoms with Crippen LogP contribution in [-0.2, 0) is 0 Å². The van der Waals surface area contributed by atoms with Crippen LogP contribution in [0, 0.1) is 0 Å². The Kier molecular flexibility index (Phi) is 5.20. The van der Waals surface area contributed by atoms with Crippen LogP contribution in [0.5, 0.6) is 11.5 Å². The Labute approximate surface area is 102 Å². The summed E-state index contributed by atoms with van der Waals surface area (Å²) in [4.78, 5) is 0. The van der Waals surface area contributed by atoms with Crippen molar-refractivity contribution in [1.29, 1.82) is 0 Å². The number of halogens is 1. The van der Waals surface area contributed by atoms with Gasteiger partial charge in [0.25, 0.3) is 0 Å². The van der Waals surface area contributed by atoms with Crippen molar-refractivity contribution in [3.05, 3.63) is 29.3 Å². The Hall–Kier alpha value is -1.15. The molecule has 0 heterocycles. The quantitative estimate of drug-likeness (QED) is 0.730. The third kappa shape index (κ3) is 3.46. The van der Waals surface area contributed by atoms with Crippen molar-refractivity contribution in [1.82, 2.24) is 0 Å². The average molecular weight is 241 g/mol. The predicted octanol–water partition coefficient (Wildman–Crippen LogP) is 3.74. The summed E-state index contributed by atoms with van der Waals surface area (Å²) in [7, 11) is 3.29. The zero-order valence-corrected chi connectivity index (χ0v) is 10.7. The highest BCUT2D eigenvalue weighted by molar-refractivity contribution is 6.19. The maximum absolute atomic E-state index is 5.83. The monoisotopic (exact) mass is 240 g/mol. The van der Waals surface area contributed by atoms with Gasteiger partial charge in [0.2, 0.25) is 0 Å². The molecule has 1 aromatic rings. The maximum atomic E-state index is 5.83. The van der Waals surface area contributed by atoms with Crippen LogP contribution < -0.4 is 9.47 Å². The van der Waals surface area contributed by atoms with Gasteiger partial charge < -0.3 is 9.47 Å². The number of hydrogen-bond acceptors (Lipinski definition) is 2. The van der Waals surface area contributed by atoms with Gasteiger partial charge in [-0.25, -0.2) is 0 Å². The molecule has 2 nitrogen and oxygen atoms in total. The molecule has 0 spiro atoms. The lowest BCUT2D eigenvalue weighted by Gasteiger charge is -2.07. The highest BCUT2D eigenvalue weighted by Gasteiger charge is 2.01. The fraction of sp³-hybridized carbons (Fsp3) is 0.385. The van der Waals surface area contributed by atoms with E-state index in [2.05, 4.69) is 13.0 Å². The largest absolute Gasteiger partial charge is 0.497 e. The lowest BCUT2D eigenvalue weighted by atomic mass is 10.1. The van der Waals surface area contributed by atoms with Crippen LogP contribution in [0.1, 0.15) is 18.9 Å². The molecule has 0 aliphatic rings. The van der Waals surface area contributed by atoms with Crippen LogP contribution in [0.2, 0.25) is 0 Å². The van der Waals surface area contributed by atoms with E-state index in [1.807, 2.05) is 18.2 Å². The molecule has 0 saturated carbocycles. The minimum Gasteiger partial charge on any atom is -0.497 e. The van der Waals surface area contributed by atoms with E-state index >= 15 is 0 Å². The van der Waals surface area contributed by atoms with Gasteiger partial charge in [-0.15, -0.1) is 11.6 Å². The first-order valence-corrected chi connectivity index (χ1v) is 5.75. The van der Waals surface area contributed by atoms with E-state index in [0.29, 0.717) is 5.88 Å². The molecule has 16 heavy (non-hydrogen) atoms. The molecule has 0 amide bonds. The number of ether oxygens (including phenoxy) is 2. The van der Waals surface area contributed by atoms with E-state index in [-0.39, 0.29) is 0 Å². The van der Waals surface area contributed by atoms with E-state index in [0.717, 1.165) is 23.5 Å². The Morgan fingerprint density at radius 3 is 2.12 bits per heavy atom. The van der Waals surface area contributed by atoms with Gasteiger partial charge in [0.05, 0.1) is 14.2 Å². The van der Waals surface area contributed by atoms with Crippen molar-refractivity contribution in [3.63, 3.8) is 0 Å². The number of hydrogen-bond donors (Lipinski definition) is 0. The van der Waals surface area contributed by atoms with E-state index in [9.17, 15) is 0 Å². The van der Waals surface area contributed by atoms with Crippen molar-refractivity contribution in [3.8, 4) is 11.5 Å². The molecule has 0 atom stereocenters. The van der Waals surface area contributed by atoms with E-state index in [1.165, 1.54) is 5.57 Å². The molecule has 0 aliphatic carbocycles. The molecule has 0 saturated heterocycles. The van der Waals surface area contributed by atoms with Crippen LogP contribution in [0.15, 0.2) is 23.8 Å². The molecule has 0 aliphatic heterocycles. The fourth-order valence-corrected chi connectivity index (χ4v) is 1.65. The summed E-state index contributed by atoms with van der Waals surface area (Å²) in [6, 6.07) is 5.78. The van der Waals surface area contributed by atoms with E-state index in [4.69, 9.17) is 21.1 Å². The molecule has 0 radical (unpaired) electrons. The normalized spacial score (nSPS) is 11.4.